The van der Waals surface area contributed by atoms with Crippen LogP contribution in [0.2, 0.25) is 0 Å². The molecule has 12 aromatic carbocycles. The van der Waals surface area contributed by atoms with Gasteiger partial charge >= 0.3 is 0 Å². The minimum absolute atomic E-state index is 0.637. The van der Waals surface area contributed by atoms with Gasteiger partial charge in [-0.05, 0) is 117 Å². The van der Waals surface area contributed by atoms with Crippen molar-refractivity contribution in [2.75, 3.05) is 9.80 Å². The number of para-hydroxylation sites is 4. The van der Waals surface area contributed by atoms with E-state index < -0.39 is 5.41 Å². The van der Waals surface area contributed by atoms with E-state index in [1.54, 1.807) is 0 Å². The molecule has 3 heteroatoms. The van der Waals surface area contributed by atoms with E-state index in [9.17, 15) is 0 Å². The fraction of sp³-hybridized carbons (Fsp3) is 0.0145. The number of hydrogen-bond donors (Lipinski definition) is 0. The molecule has 0 N–H and O–H groups in total. The van der Waals surface area contributed by atoms with Crippen molar-refractivity contribution in [3.63, 3.8) is 0 Å². The summed E-state index contributed by atoms with van der Waals surface area (Å²) < 4.78 is 2.50. The first-order valence-corrected chi connectivity index (χ1v) is 24.8. The van der Waals surface area contributed by atoms with Gasteiger partial charge in [0.1, 0.15) is 0 Å². The number of nitrogens with zero attached hydrogens (tertiary/aromatic N) is 3. The Bertz CT molecular complexity index is 4150. The minimum Gasteiger partial charge on any atom is -0.310 e. The molecule has 0 fully saturated rings. The number of aromatic nitrogens is 1. The highest BCUT2D eigenvalue weighted by atomic mass is 15.1. The monoisotopic (exact) mass is 917 g/mol. The molecule has 3 nitrogen and oxygen atoms in total. The normalized spacial score (nSPS) is 13.9. The molecule has 1 aliphatic heterocycles. The van der Waals surface area contributed by atoms with Crippen LogP contribution in [-0.4, -0.2) is 4.57 Å². The fourth-order valence-electron chi connectivity index (χ4n) is 11.9. The predicted molar refractivity (Wildman–Crippen MR) is 302 cm³/mol. The van der Waals surface area contributed by atoms with Gasteiger partial charge in [-0.3, -0.25) is 0 Å². The topological polar surface area (TPSA) is 11.4 Å². The number of rotatable bonds is 9. The molecule has 1 aromatic heterocycles. The lowest BCUT2D eigenvalue weighted by Gasteiger charge is -2.42. The van der Waals surface area contributed by atoms with Crippen LogP contribution in [0.15, 0.2) is 285 Å². The molecule has 1 aliphatic rings. The molecule has 1 unspecified atom stereocenters. The van der Waals surface area contributed by atoms with E-state index in [0.29, 0.717) is 0 Å². The Hall–Kier alpha value is -9.44. The van der Waals surface area contributed by atoms with E-state index in [1.807, 2.05) is 0 Å². The van der Waals surface area contributed by atoms with Gasteiger partial charge in [0.25, 0.3) is 0 Å². The average molecular weight is 918 g/mol. The van der Waals surface area contributed by atoms with Gasteiger partial charge in [-0.2, -0.15) is 0 Å². The summed E-state index contributed by atoms with van der Waals surface area (Å²) in [6, 6.07) is 105. The van der Waals surface area contributed by atoms with Crippen molar-refractivity contribution < 1.29 is 0 Å². The van der Waals surface area contributed by atoms with E-state index >= 15 is 0 Å². The van der Waals surface area contributed by atoms with Crippen LogP contribution in [-0.2, 0) is 5.41 Å². The first-order valence-electron chi connectivity index (χ1n) is 24.8. The van der Waals surface area contributed by atoms with Crippen LogP contribution >= 0.6 is 0 Å². The number of hydrogen-bond acceptors (Lipinski definition) is 2. The molecule has 2 heterocycles. The highest BCUT2D eigenvalue weighted by Gasteiger charge is 2.45. The molecule has 338 valence electrons. The third-order valence-corrected chi connectivity index (χ3v) is 15.0. The smallest absolute Gasteiger partial charge is 0.0743 e. The van der Waals surface area contributed by atoms with Crippen LogP contribution in [0.1, 0.15) is 22.3 Å². The molecule has 0 saturated carbocycles. The molecule has 0 spiro atoms. The van der Waals surface area contributed by atoms with Crippen LogP contribution in [0, 0.1) is 0 Å². The number of benzene rings is 12. The molecule has 72 heavy (non-hydrogen) atoms. The Morgan fingerprint density at radius 1 is 0.292 bits per heavy atom. The van der Waals surface area contributed by atoms with Crippen LogP contribution < -0.4 is 9.80 Å². The zero-order valence-electron chi connectivity index (χ0n) is 39.5. The maximum atomic E-state index is 2.50. The third kappa shape index (κ3) is 6.45. The van der Waals surface area contributed by atoms with Gasteiger partial charge in [0.05, 0.1) is 33.5 Å². The highest BCUT2D eigenvalue weighted by Crippen LogP contribution is 2.55. The second-order valence-electron chi connectivity index (χ2n) is 18.8. The van der Waals surface area contributed by atoms with Crippen molar-refractivity contribution in [3.8, 4) is 16.8 Å². The lowest BCUT2D eigenvalue weighted by molar-refractivity contribution is 0.728. The number of fused-ring (bicyclic) bond motifs is 7. The van der Waals surface area contributed by atoms with Gasteiger partial charge in [-0.25, -0.2) is 0 Å². The maximum absolute atomic E-state index is 2.50. The lowest BCUT2D eigenvalue weighted by Crippen LogP contribution is -2.35. The standard InChI is InChI=1S/C69H47N3/c1-3-23-52(24-4-1)69(62-33-12-14-36-67(62)72-66-35-13-11-31-60(66)61-32-18-34-63(69)68(61)72)53-25-17-28-57(47-53)71(65-38-16-22-51-20-8-10-30-59(51)65)56-45-41-49(42-46-56)48-39-43-55(44-40-48)70(54-26-5-2-6-27-54)64-37-15-21-50-19-7-9-29-58(50)64/h1-47H. The first-order chi connectivity index (χ1) is 35.7. The molecule has 0 radical (unpaired) electrons. The second-order valence-corrected chi connectivity index (χ2v) is 18.8. The summed E-state index contributed by atoms with van der Waals surface area (Å²) in [6.07, 6.45) is 0. The van der Waals surface area contributed by atoms with E-state index in [0.717, 1.165) is 45.3 Å². The highest BCUT2D eigenvalue weighted by molar-refractivity contribution is 6.12. The summed E-state index contributed by atoms with van der Waals surface area (Å²) >= 11 is 0. The third-order valence-electron chi connectivity index (χ3n) is 15.0. The summed E-state index contributed by atoms with van der Waals surface area (Å²) in [6.45, 7) is 0. The zero-order chi connectivity index (χ0) is 47.6. The summed E-state index contributed by atoms with van der Waals surface area (Å²) in [5.41, 5.74) is 17.0. The molecule has 0 aliphatic carbocycles. The second kappa shape index (κ2) is 16.9. The van der Waals surface area contributed by atoms with Crippen molar-refractivity contribution in [3.05, 3.63) is 307 Å². The van der Waals surface area contributed by atoms with Crippen molar-refractivity contribution in [1.29, 1.82) is 0 Å². The van der Waals surface area contributed by atoms with Crippen molar-refractivity contribution in [1.82, 2.24) is 4.57 Å². The van der Waals surface area contributed by atoms with Crippen LogP contribution in [0.25, 0.3) is 60.2 Å². The van der Waals surface area contributed by atoms with E-state index in [-0.39, 0.29) is 0 Å². The quantitative estimate of drug-likeness (QED) is 0.143. The summed E-state index contributed by atoms with van der Waals surface area (Å²) in [5, 5.41) is 7.34. The molecular formula is C69H47N3. The van der Waals surface area contributed by atoms with E-state index in [4.69, 9.17) is 0 Å². The molecule has 0 saturated heterocycles. The average Bonchev–Trinajstić information content (AvgIpc) is 3.80. The predicted octanol–water partition coefficient (Wildman–Crippen LogP) is 18.4. The summed E-state index contributed by atoms with van der Waals surface area (Å²) in [4.78, 5) is 4.81. The van der Waals surface area contributed by atoms with Gasteiger partial charge in [-0.1, -0.05) is 212 Å². The van der Waals surface area contributed by atoms with Crippen LogP contribution in [0.3, 0.4) is 0 Å². The van der Waals surface area contributed by atoms with Crippen molar-refractivity contribution in [2.45, 2.75) is 5.41 Å². The molecular weight excluding hydrogens is 871 g/mol. The first kappa shape index (κ1) is 41.5. The van der Waals surface area contributed by atoms with E-state index in [2.05, 4.69) is 299 Å². The molecule has 1 atom stereocenters. The van der Waals surface area contributed by atoms with E-state index in [1.165, 1.54) is 71.3 Å². The molecule has 0 amide bonds. The molecule has 13 aromatic rings. The Kier molecular flexibility index (Phi) is 9.75. The lowest BCUT2D eigenvalue weighted by atomic mass is 9.63. The van der Waals surface area contributed by atoms with Crippen LogP contribution in [0.4, 0.5) is 34.1 Å². The Morgan fingerprint density at radius 3 is 1.40 bits per heavy atom. The maximum Gasteiger partial charge on any atom is 0.0743 e. The van der Waals surface area contributed by atoms with Gasteiger partial charge in [-0.15, -0.1) is 0 Å². The van der Waals surface area contributed by atoms with Gasteiger partial charge in [0.2, 0.25) is 0 Å². The van der Waals surface area contributed by atoms with Crippen LogP contribution in [0.5, 0.6) is 0 Å². The van der Waals surface area contributed by atoms with Gasteiger partial charge < -0.3 is 14.4 Å². The fourth-order valence-corrected chi connectivity index (χ4v) is 11.9. The Morgan fingerprint density at radius 2 is 0.736 bits per heavy atom. The zero-order valence-corrected chi connectivity index (χ0v) is 39.5. The summed E-state index contributed by atoms with van der Waals surface area (Å²) in [7, 11) is 0. The van der Waals surface area contributed by atoms with Gasteiger partial charge in [0.15, 0.2) is 0 Å². The Balaban J connectivity index is 0.918. The SMILES string of the molecule is c1ccc(N(c2ccc(-c3ccc(N(c4cccc(C5(c6ccccc6)c6ccccc6-n6c7ccccc7c7cccc5c76)c4)c4cccc5ccccc45)cc3)cc2)c2cccc3ccccc23)cc1. The Labute approximate surface area is 419 Å². The number of anilines is 6. The summed E-state index contributed by atoms with van der Waals surface area (Å²) in [5.74, 6) is 0. The molecule has 0 bridgehead atoms. The van der Waals surface area contributed by atoms with Crippen molar-refractivity contribution in [2.24, 2.45) is 0 Å². The minimum atomic E-state index is -0.637. The largest absolute Gasteiger partial charge is 0.310 e. The van der Waals surface area contributed by atoms with Crippen molar-refractivity contribution >= 4 is 77.5 Å². The van der Waals surface area contributed by atoms with Gasteiger partial charge in [0, 0.05) is 44.3 Å². The molecule has 14 rings (SSSR count).